The third-order valence-electron chi connectivity index (χ3n) is 3.30. The maximum atomic E-state index is 12.0. The lowest BCUT2D eigenvalue weighted by Crippen LogP contribution is -2.25. The molecule has 5 nitrogen and oxygen atoms in total. The molecule has 0 fully saturated rings. The molecular weight excluding hydrogens is 252 g/mol. The first-order valence-corrected chi connectivity index (χ1v) is 6.71. The smallest absolute Gasteiger partial charge is 0.253 e. The predicted octanol–water partition coefficient (Wildman–Crippen LogP) is 1.97. The minimum absolute atomic E-state index is 0.116. The molecule has 4 N–H and O–H groups in total. The second kappa shape index (κ2) is 6.23. The number of aromatic nitrogens is 2. The van der Waals surface area contributed by atoms with Crippen molar-refractivity contribution in [1.29, 1.82) is 0 Å². The Morgan fingerprint density at radius 2 is 2.20 bits per heavy atom. The van der Waals surface area contributed by atoms with E-state index < -0.39 is 0 Å². The van der Waals surface area contributed by atoms with Crippen LogP contribution < -0.4 is 11.1 Å². The fourth-order valence-electron chi connectivity index (χ4n) is 2.07. The summed E-state index contributed by atoms with van der Waals surface area (Å²) in [6.07, 6.45) is 3.60. The third-order valence-corrected chi connectivity index (χ3v) is 3.30. The van der Waals surface area contributed by atoms with Crippen molar-refractivity contribution < 1.29 is 4.79 Å². The van der Waals surface area contributed by atoms with Crippen molar-refractivity contribution in [3.63, 3.8) is 0 Å². The normalized spacial score (nSPS) is 10.5. The Morgan fingerprint density at radius 1 is 1.40 bits per heavy atom. The Morgan fingerprint density at radius 3 is 2.90 bits per heavy atom. The molecule has 0 atom stereocenters. The van der Waals surface area contributed by atoms with Crippen LogP contribution in [0, 0.1) is 13.8 Å². The van der Waals surface area contributed by atoms with Crippen molar-refractivity contribution in [2.24, 2.45) is 0 Å². The van der Waals surface area contributed by atoms with E-state index in [1.807, 2.05) is 32.2 Å². The summed E-state index contributed by atoms with van der Waals surface area (Å²) in [6, 6.07) is 5.47. The first-order valence-electron chi connectivity index (χ1n) is 6.71. The molecule has 5 heteroatoms. The summed E-state index contributed by atoms with van der Waals surface area (Å²) in [5.74, 6) is -0.116. The van der Waals surface area contributed by atoms with Gasteiger partial charge in [-0.15, -0.1) is 0 Å². The SMILES string of the molecule is Cc1ccc(N)c(C(=O)NCCCc2cn[nH]c2C)c1. The number of benzene rings is 1. The number of rotatable bonds is 5. The number of hydrogen-bond acceptors (Lipinski definition) is 3. The van der Waals surface area contributed by atoms with Crippen LogP contribution >= 0.6 is 0 Å². The van der Waals surface area contributed by atoms with Crippen LogP contribution in [0.4, 0.5) is 5.69 Å². The van der Waals surface area contributed by atoms with E-state index in [0.717, 1.165) is 24.1 Å². The van der Waals surface area contributed by atoms with Crippen molar-refractivity contribution in [3.8, 4) is 0 Å². The summed E-state index contributed by atoms with van der Waals surface area (Å²) in [5.41, 5.74) is 10.2. The summed E-state index contributed by atoms with van der Waals surface area (Å²) in [4.78, 5) is 12.0. The van der Waals surface area contributed by atoms with Gasteiger partial charge in [0.25, 0.3) is 5.91 Å². The monoisotopic (exact) mass is 272 g/mol. The van der Waals surface area contributed by atoms with Gasteiger partial charge in [0.15, 0.2) is 0 Å². The number of H-pyrrole nitrogens is 1. The van der Waals surface area contributed by atoms with E-state index in [9.17, 15) is 4.79 Å². The Bertz CT molecular complexity index is 604. The molecule has 106 valence electrons. The van der Waals surface area contributed by atoms with Gasteiger partial charge in [-0.05, 0) is 44.4 Å². The van der Waals surface area contributed by atoms with Crippen molar-refractivity contribution in [2.75, 3.05) is 12.3 Å². The molecule has 1 amide bonds. The zero-order chi connectivity index (χ0) is 14.5. The fraction of sp³-hybridized carbons (Fsp3) is 0.333. The number of nitrogen functional groups attached to an aromatic ring is 1. The van der Waals surface area contributed by atoms with Crippen LogP contribution in [0.25, 0.3) is 0 Å². The van der Waals surface area contributed by atoms with Crippen LogP contribution in [0.5, 0.6) is 0 Å². The number of nitrogens with one attached hydrogen (secondary N) is 2. The molecule has 1 aromatic heterocycles. The van der Waals surface area contributed by atoms with Gasteiger partial charge < -0.3 is 11.1 Å². The van der Waals surface area contributed by atoms with Crippen molar-refractivity contribution in [1.82, 2.24) is 15.5 Å². The van der Waals surface area contributed by atoms with Crippen molar-refractivity contribution in [3.05, 3.63) is 46.8 Å². The number of aryl methyl sites for hydroxylation is 3. The second-order valence-corrected chi connectivity index (χ2v) is 4.97. The van der Waals surface area contributed by atoms with Gasteiger partial charge in [-0.1, -0.05) is 11.6 Å². The van der Waals surface area contributed by atoms with Crippen LogP contribution in [0.3, 0.4) is 0 Å². The number of amides is 1. The highest BCUT2D eigenvalue weighted by molar-refractivity contribution is 5.99. The van der Waals surface area contributed by atoms with Gasteiger partial charge in [0, 0.05) is 17.9 Å². The summed E-state index contributed by atoms with van der Waals surface area (Å²) in [7, 11) is 0. The van der Waals surface area contributed by atoms with Gasteiger partial charge in [-0.25, -0.2) is 0 Å². The molecule has 1 aromatic carbocycles. The second-order valence-electron chi connectivity index (χ2n) is 4.97. The number of carbonyl (C=O) groups excluding carboxylic acids is 1. The number of anilines is 1. The van der Waals surface area contributed by atoms with E-state index in [-0.39, 0.29) is 5.91 Å². The number of nitrogens with two attached hydrogens (primary N) is 1. The van der Waals surface area contributed by atoms with E-state index in [0.29, 0.717) is 17.8 Å². The molecule has 0 spiro atoms. The van der Waals surface area contributed by atoms with Crippen LogP contribution in [0.15, 0.2) is 24.4 Å². The van der Waals surface area contributed by atoms with E-state index in [1.54, 1.807) is 6.07 Å². The van der Waals surface area contributed by atoms with E-state index in [4.69, 9.17) is 5.73 Å². The third kappa shape index (κ3) is 3.38. The number of nitrogens with zero attached hydrogens (tertiary/aromatic N) is 1. The lowest BCUT2D eigenvalue weighted by Gasteiger charge is -2.08. The lowest BCUT2D eigenvalue weighted by atomic mass is 10.1. The molecule has 0 aliphatic carbocycles. The number of carbonyl (C=O) groups is 1. The van der Waals surface area contributed by atoms with Crippen LogP contribution in [0.2, 0.25) is 0 Å². The molecule has 2 rings (SSSR count). The van der Waals surface area contributed by atoms with Crippen molar-refractivity contribution >= 4 is 11.6 Å². The fourth-order valence-corrected chi connectivity index (χ4v) is 2.07. The summed E-state index contributed by atoms with van der Waals surface area (Å²) in [6.45, 7) is 4.56. The molecule has 20 heavy (non-hydrogen) atoms. The van der Waals surface area contributed by atoms with Gasteiger partial charge in [0.1, 0.15) is 0 Å². The average Bonchev–Trinajstić information content (AvgIpc) is 2.83. The first-order chi connectivity index (χ1) is 9.58. The minimum atomic E-state index is -0.116. The van der Waals surface area contributed by atoms with Gasteiger partial charge in [0.2, 0.25) is 0 Å². The van der Waals surface area contributed by atoms with Crippen LogP contribution in [-0.4, -0.2) is 22.6 Å². The van der Waals surface area contributed by atoms with Crippen molar-refractivity contribution in [2.45, 2.75) is 26.7 Å². The largest absolute Gasteiger partial charge is 0.398 e. The maximum absolute atomic E-state index is 12.0. The Balaban J connectivity index is 1.83. The molecule has 0 unspecified atom stereocenters. The number of hydrogen-bond donors (Lipinski definition) is 3. The molecular formula is C15H20N4O. The lowest BCUT2D eigenvalue weighted by molar-refractivity contribution is 0.0954. The highest BCUT2D eigenvalue weighted by Gasteiger charge is 2.09. The van der Waals surface area contributed by atoms with E-state index >= 15 is 0 Å². The van der Waals surface area contributed by atoms with Gasteiger partial charge >= 0.3 is 0 Å². The van der Waals surface area contributed by atoms with Crippen LogP contribution in [-0.2, 0) is 6.42 Å². The molecule has 0 aliphatic rings. The zero-order valence-electron chi connectivity index (χ0n) is 11.9. The Labute approximate surface area is 118 Å². The summed E-state index contributed by atoms with van der Waals surface area (Å²) < 4.78 is 0. The molecule has 2 aromatic rings. The molecule has 0 aliphatic heterocycles. The zero-order valence-corrected chi connectivity index (χ0v) is 11.9. The van der Waals surface area contributed by atoms with E-state index in [2.05, 4.69) is 15.5 Å². The van der Waals surface area contributed by atoms with Gasteiger partial charge in [0.05, 0.1) is 11.8 Å². The molecule has 0 saturated carbocycles. The standard InChI is InChI=1S/C15H20N4O/c1-10-5-6-14(16)13(8-10)15(20)17-7-3-4-12-9-18-19-11(12)2/h5-6,8-9H,3-4,7,16H2,1-2H3,(H,17,20)(H,18,19). The average molecular weight is 272 g/mol. The predicted molar refractivity (Wildman–Crippen MR) is 79.6 cm³/mol. The summed E-state index contributed by atoms with van der Waals surface area (Å²) in [5, 5.41) is 9.78. The van der Waals surface area contributed by atoms with E-state index in [1.165, 1.54) is 5.56 Å². The maximum Gasteiger partial charge on any atom is 0.253 e. The Kier molecular flexibility index (Phi) is 4.40. The highest BCUT2D eigenvalue weighted by atomic mass is 16.1. The van der Waals surface area contributed by atoms with Crippen LogP contribution in [0.1, 0.15) is 33.6 Å². The van der Waals surface area contributed by atoms with Gasteiger partial charge in [-0.3, -0.25) is 9.89 Å². The topological polar surface area (TPSA) is 83.8 Å². The molecule has 1 heterocycles. The summed E-state index contributed by atoms with van der Waals surface area (Å²) >= 11 is 0. The molecule has 0 bridgehead atoms. The minimum Gasteiger partial charge on any atom is -0.398 e. The highest BCUT2D eigenvalue weighted by Crippen LogP contribution is 2.13. The number of aromatic amines is 1. The quantitative estimate of drug-likeness (QED) is 0.574. The molecule has 0 radical (unpaired) electrons. The first kappa shape index (κ1) is 14.1. The Hall–Kier alpha value is -2.30. The molecule has 0 saturated heterocycles. The van der Waals surface area contributed by atoms with Gasteiger partial charge in [-0.2, -0.15) is 5.10 Å².